The van der Waals surface area contributed by atoms with Crippen molar-refractivity contribution in [3.8, 4) is 0 Å². The van der Waals surface area contributed by atoms with Gasteiger partial charge in [-0.15, -0.1) is 0 Å². The number of nitrogens with two attached hydrogens (primary N) is 1. The maximum absolute atomic E-state index is 5.23. The predicted octanol–water partition coefficient (Wildman–Crippen LogP) is -1.59. The summed E-state index contributed by atoms with van der Waals surface area (Å²) < 4.78 is 0. The van der Waals surface area contributed by atoms with E-state index in [1.165, 1.54) is 0 Å². The first-order valence-corrected chi connectivity index (χ1v) is 2.14. The number of hydrogen-bond donors (Lipinski definition) is 3. The minimum Gasteiger partial charge on any atom is -0.370 e. The van der Waals surface area contributed by atoms with Crippen molar-refractivity contribution >= 4 is 5.96 Å². The smallest absolute Gasteiger partial charge is 0.190 e. The molecule has 0 aromatic rings. The molecule has 4 nitrogen and oxygen atoms in total. The molecule has 0 saturated carbocycles. The Balaban J connectivity index is 2.40. The summed E-state index contributed by atoms with van der Waals surface area (Å²) in [7, 11) is 0. The topological polar surface area (TPSA) is 62.4 Å². The Hall–Kier alpha value is -0.770. The van der Waals surface area contributed by atoms with Crippen molar-refractivity contribution in [3.05, 3.63) is 0 Å². The van der Waals surface area contributed by atoms with Crippen LogP contribution >= 0.6 is 0 Å². The van der Waals surface area contributed by atoms with Crippen LogP contribution in [-0.2, 0) is 0 Å². The molecule has 0 saturated heterocycles. The van der Waals surface area contributed by atoms with Crippen LogP contribution in [0.3, 0.4) is 0 Å². The Labute approximate surface area is 41.8 Å². The highest BCUT2D eigenvalue weighted by Crippen LogP contribution is 1.68. The summed E-state index contributed by atoms with van der Waals surface area (Å²) in [5, 5.41) is 5.74. The molecule has 1 heterocycles. The lowest BCUT2D eigenvalue weighted by Crippen LogP contribution is -2.43. The first kappa shape index (κ1) is 4.39. The molecule has 0 aliphatic carbocycles. The first-order chi connectivity index (χ1) is 3.39. The molecule has 0 unspecified atom stereocenters. The van der Waals surface area contributed by atoms with Gasteiger partial charge < -0.3 is 11.1 Å². The lowest BCUT2D eigenvalue weighted by atomic mass is 10.8. The first-order valence-electron chi connectivity index (χ1n) is 2.14. The lowest BCUT2D eigenvalue weighted by molar-refractivity contribution is 0.642. The molecule has 0 spiro atoms. The van der Waals surface area contributed by atoms with Crippen molar-refractivity contribution in [1.29, 1.82) is 0 Å². The molecule has 0 fully saturated rings. The van der Waals surface area contributed by atoms with Gasteiger partial charge in [0.25, 0.3) is 0 Å². The van der Waals surface area contributed by atoms with E-state index in [4.69, 9.17) is 5.73 Å². The quantitative estimate of drug-likeness (QED) is 0.344. The number of guanidine groups is 1. The van der Waals surface area contributed by atoms with Gasteiger partial charge in [-0.2, -0.15) is 0 Å². The summed E-state index contributed by atoms with van der Waals surface area (Å²) in [6.07, 6.45) is 0. The monoisotopic (exact) mass is 100 g/mol. The summed E-state index contributed by atoms with van der Waals surface area (Å²) in [4.78, 5) is 3.80. The van der Waals surface area contributed by atoms with E-state index in [2.05, 4.69) is 15.6 Å². The van der Waals surface area contributed by atoms with E-state index in [0.29, 0.717) is 12.6 Å². The SMILES string of the molecule is NC1=NCNCN1. The van der Waals surface area contributed by atoms with Crippen molar-refractivity contribution in [3.63, 3.8) is 0 Å². The number of nitrogens with zero attached hydrogens (tertiary/aromatic N) is 1. The largest absolute Gasteiger partial charge is 0.370 e. The van der Waals surface area contributed by atoms with Crippen molar-refractivity contribution < 1.29 is 0 Å². The van der Waals surface area contributed by atoms with Gasteiger partial charge in [-0.05, 0) is 0 Å². The van der Waals surface area contributed by atoms with Gasteiger partial charge in [-0.25, -0.2) is 4.99 Å². The Morgan fingerprint density at radius 1 is 1.71 bits per heavy atom. The fraction of sp³-hybridized carbons (Fsp3) is 0.667. The molecular weight excluding hydrogens is 92.1 g/mol. The van der Waals surface area contributed by atoms with E-state index in [1.807, 2.05) is 0 Å². The number of aliphatic imine (C=N–C) groups is 1. The maximum Gasteiger partial charge on any atom is 0.190 e. The van der Waals surface area contributed by atoms with Gasteiger partial charge in [0.15, 0.2) is 5.96 Å². The molecule has 4 heteroatoms. The van der Waals surface area contributed by atoms with Crippen LogP contribution in [-0.4, -0.2) is 19.3 Å². The van der Waals surface area contributed by atoms with E-state index in [0.717, 1.165) is 6.67 Å². The Kier molecular flexibility index (Phi) is 1.12. The zero-order chi connectivity index (χ0) is 5.11. The van der Waals surface area contributed by atoms with Gasteiger partial charge in [0, 0.05) is 0 Å². The second-order valence-electron chi connectivity index (χ2n) is 1.31. The van der Waals surface area contributed by atoms with Crippen LogP contribution in [0.2, 0.25) is 0 Å². The van der Waals surface area contributed by atoms with Crippen LogP contribution in [0.25, 0.3) is 0 Å². The highest BCUT2D eigenvalue weighted by molar-refractivity contribution is 5.78. The van der Waals surface area contributed by atoms with Crippen molar-refractivity contribution in [2.45, 2.75) is 0 Å². The van der Waals surface area contributed by atoms with Crippen LogP contribution in [0.15, 0.2) is 4.99 Å². The van der Waals surface area contributed by atoms with Crippen LogP contribution in [0.5, 0.6) is 0 Å². The minimum absolute atomic E-state index is 0.527. The van der Waals surface area contributed by atoms with Crippen LogP contribution < -0.4 is 16.4 Å². The third kappa shape index (κ3) is 1.04. The molecule has 40 valence electrons. The molecule has 0 amide bonds. The second-order valence-corrected chi connectivity index (χ2v) is 1.31. The normalized spacial score (nSPS) is 20.3. The van der Waals surface area contributed by atoms with Gasteiger partial charge in [0.05, 0.1) is 13.3 Å². The van der Waals surface area contributed by atoms with Crippen molar-refractivity contribution in [2.75, 3.05) is 13.3 Å². The zero-order valence-electron chi connectivity index (χ0n) is 3.94. The zero-order valence-corrected chi connectivity index (χ0v) is 3.94. The van der Waals surface area contributed by atoms with Gasteiger partial charge in [0.2, 0.25) is 0 Å². The van der Waals surface area contributed by atoms with Gasteiger partial charge >= 0.3 is 0 Å². The summed E-state index contributed by atoms with van der Waals surface area (Å²) in [5.41, 5.74) is 5.23. The second kappa shape index (κ2) is 1.79. The molecule has 1 aliphatic heterocycles. The highest BCUT2D eigenvalue weighted by Gasteiger charge is 1.92. The van der Waals surface area contributed by atoms with E-state index in [1.54, 1.807) is 0 Å². The van der Waals surface area contributed by atoms with Crippen LogP contribution in [0.4, 0.5) is 0 Å². The molecular formula is C3H8N4. The average Bonchev–Trinajstić information content (AvgIpc) is 1.69. The molecule has 0 aromatic heterocycles. The Morgan fingerprint density at radius 3 is 2.86 bits per heavy atom. The maximum atomic E-state index is 5.23. The van der Waals surface area contributed by atoms with Crippen LogP contribution in [0, 0.1) is 0 Å². The predicted molar refractivity (Wildman–Crippen MR) is 27.6 cm³/mol. The standard InChI is InChI=1S/C3H8N4/c4-3-6-1-5-2-7-3/h5H,1-2H2,(H3,4,6,7). The number of hydrogen-bond acceptors (Lipinski definition) is 4. The number of nitrogens with one attached hydrogen (secondary N) is 2. The lowest BCUT2D eigenvalue weighted by Gasteiger charge is -2.10. The molecule has 0 bridgehead atoms. The molecule has 0 aromatic carbocycles. The van der Waals surface area contributed by atoms with Gasteiger partial charge in [0.1, 0.15) is 0 Å². The third-order valence-electron chi connectivity index (χ3n) is 0.756. The fourth-order valence-electron chi connectivity index (χ4n) is 0.406. The number of rotatable bonds is 0. The van der Waals surface area contributed by atoms with E-state index >= 15 is 0 Å². The highest BCUT2D eigenvalue weighted by atomic mass is 15.2. The van der Waals surface area contributed by atoms with Gasteiger partial charge in [-0.3, -0.25) is 5.32 Å². The molecule has 4 N–H and O–H groups in total. The summed E-state index contributed by atoms with van der Waals surface area (Å²) in [6.45, 7) is 1.37. The summed E-state index contributed by atoms with van der Waals surface area (Å²) >= 11 is 0. The molecule has 1 rings (SSSR count). The fourth-order valence-corrected chi connectivity index (χ4v) is 0.406. The van der Waals surface area contributed by atoms with E-state index in [-0.39, 0.29) is 0 Å². The Bertz CT molecular complexity index is 86.9. The minimum atomic E-state index is 0.527. The molecule has 7 heavy (non-hydrogen) atoms. The van der Waals surface area contributed by atoms with Gasteiger partial charge in [-0.1, -0.05) is 0 Å². The molecule has 0 atom stereocenters. The van der Waals surface area contributed by atoms with E-state index in [9.17, 15) is 0 Å². The summed E-state index contributed by atoms with van der Waals surface area (Å²) in [6, 6.07) is 0. The molecule has 1 aliphatic rings. The summed E-state index contributed by atoms with van der Waals surface area (Å²) in [5.74, 6) is 0.527. The third-order valence-corrected chi connectivity index (χ3v) is 0.756. The van der Waals surface area contributed by atoms with Crippen molar-refractivity contribution in [1.82, 2.24) is 10.6 Å². The van der Waals surface area contributed by atoms with Crippen LogP contribution in [0.1, 0.15) is 0 Å². The molecule has 0 radical (unpaired) electrons. The van der Waals surface area contributed by atoms with Crippen molar-refractivity contribution in [2.24, 2.45) is 10.7 Å². The van der Waals surface area contributed by atoms with E-state index < -0.39 is 0 Å². The Morgan fingerprint density at radius 2 is 2.57 bits per heavy atom. The average molecular weight is 100 g/mol.